The van der Waals surface area contributed by atoms with Crippen molar-refractivity contribution in [3.8, 4) is 0 Å². The molecule has 1 rings (SSSR count). The number of rotatable bonds is 6. The van der Waals surface area contributed by atoms with Crippen molar-refractivity contribution in [3.05, 3.63) is 0 Å². The van der Waals surface area contributed by atoms with E-state index < -0.39 is 0 Å². The molecule has 4 nitrogen and oxygen atoms in total. The summed E-state index contributed by atoms with van der Waals surface area (Å²) in [5, 5.41) is 13.1. The van der Waals surface area contributed by atoms with Crippen molar-refractivity contribution < 1.29 is 9.90 Å². The Morgan fingerprint density at radius 3 is 2.70 bits per heavy atom. The van der Waals surface area contributed by atoms with E-state index in [4.69, 9.17) is 0 Å². The van der Waals surface area contributed by atoms with E-state index in [9.17, 15) is 9.90 Å². The summed E-state index contributed by atoms with van der Waals surface area (Å²) in [4.78, 5) is 14.2. The summed E-state index contributed by atoms with van der Waals surface area (Å²) in [6.45, 7) is 10.6. The number of nitrogens with zero attached hydrogens (tertiary/aromatic N) is 1. The highest BCUT2D eigenvalue weighted by atomic mass is 16.3. The van der Waals surface area contributed by atoms with Gasteiger partial charge in [0.25, 0.3) is 0 Å². The molecule has 0 aliphatic carbocycles. The molecule has 0 bridgehead atoms. The van der Waals surface area contributed by atoms with Crippen LogP contribution in [0.3, 0.4) is 0 Å². The number of carbonyl (C=O) groups excluding carboxylic acids is 1. The van der Waals surface area contributed by atoms with Gasteiger partial charge in [-0.05, 0) is 37.6 Å². The lowest BCUT2D eigenvalue weighted by molar-refractivity contribution is -0.124. The van der Waals surface area contributed by atoms with Gasteiger partial charge in [-0.3, -0.25) is 9.69 Å². The molecule has 4 heteroatoms. The molecule has 0 spiro atoms. The molecule has 0 aromatic heterocycles. The van der Waals surface area contributed by atoms with Crippen LogP contribution in [0, 0.1) is 5.41 Å². The molecule has 1 heterocycles. The van der Waals surface area contributed by atoms with Crippen LogP contribution in [0.4, 0.5) is 0 Å². The molecule has 20 heavy (non-hydrogen) atoms. The van der Waals surface area contributed by atoms with Gasteiger partial charge in [0.1, 0.15) is 0 Å². The summed E-state index contributed by atoms with van der Waals surface area (Å²) in [5.41, 5.74) is 0.249. The Labute approximate surface area is 123 Å². The Morgan fingerprint density at radius 1 is 1.40 bits per heavy atom. The molecule has 2 atom stereocenters. The van der Waals surface area contributed by atoms with Gasteiger partial charge in [-0.1, -0.05) is 34.1 Å². The lowest BCUT2D eigenvalue weighted by Crippen LogP contribution is -2.50. The number of amides is 1. The minimum absolute atomic E-state index is 0.0875. The number of aliphatic hydroxyl groups is 1. The monoisotopic (exact) mass is 284 g/mol. The van der Waals surface area contributed by atoms with Crippen LogP contribution in [0.25, 0.3) is 0 Å². The number of carbonyl (C=O) groups is 1. The topological polar surface area (TPSA) is 52.6 Å². The Bertz CT molecular complexity index is 299. The Kier molecular flexibility index (Phi) is 6.96. The lowest BCUT2D eigenvalue weighted by atomic mass is 9.92. The number of aliphatic hydroxyl groups excluding tert-OH is 1. The predicted octanol–water partition coefficient (Wildman–Crippen LogP) is 2.16. The van der Waals surface area contributed by atoms with Gasteiger partial charge in [0, 0.05) is 12.6 Å². The molecule has 1 aliphatic rings. The van der Waals surface area contributed by atoms with Crippen molar-refractivity contribution in [2.24, 2.45) is 5.41 Å². The van der Waals surface area contributed by atoms with Crippen LogP contribution in [-0.4, -0.2) is 47.7 Å². The fraction of sp³-hybridized carbons (Fsp3) is 0.938. The maximum absolute atomic E-state index is 12.0. The second-order valence-corrected chi connectivity index (χ2v) is 7.17. The van der Waals surface area contributed by atoms with Crippen LogP contribution >= 0.6 is 0 Å². The highest BCUT2D eigenvalue weighted by Gasteiger charge is 2.28. The average molecular weight is 284 g/mol. The van der Waals surface area contributed by atoms with E-state index in [1.54, 1.807) is 0 Å². The average Bonchev–Trinajstić information content (AvgIpc) is 2.37. The number of piperidine rings is 1. The van der Waals surface area contributed by atoms with Gasteiger partial charge in [0.05, 0.1) is 12.6 Å². The molecule has 0 aromatic carbocycles. The molecule has 2 N–H and O–H groups in total. The van der Waals surface area contributed by atoms with Crippen LogP contribution in [-0.2, 0) is 4.79 Å². The smallest absolute Gasteiger partial charge is 0.234 e. The van der Waals surface area contributed by atoms with Gasteiger partial charge in [0.2, 0.25) is 5.91 Å². The van der Waals surface area contributed by atoms with Crippen molar-refractivity contribution in [1.29, 1.82) is 0 Å². The molecular formula is C16H32N2O2. The number of likely N-dealkylation sites (tertiary alicyclic amines) is 1. The van der Waals surface area contributed by atoms with E-state index in [0.717, 1.165) is 45.2 Å². The Balaban J connectivity index is 2.38. The molecule has 1 amide bonds. The molecule has 0 radical (unpaired) electrons. The maximum atomic E-state index is 12.0. The lowest BCUT2D eigenvalue weighted by Gasteiger charge is -2.37. The highest BCUT2D eigenvalue weighted by molar-refractivity contribution is 5.78. The van der Waals surface area contributed by atoms with Crippen LogP contribution in [0.5, 0.6) is 0 Å². The first-order valence-electron chi connectivity index (χ1n) is 8.02. The fourth-order valence-corrected chi connectivity index (χ4v) is 2.74. The minimum Gasteiger partial charge on any atom is -0.392 e. The van der Waals surface area contributed by atoms with Crippen LogP contribution in [0.1, 0.15) is 59.8 Å². The fourth-order valence-electron chi connectivity index (χ4n) is 2.74. The van der Waals surface area contributed by atoms with Gasteiger partial charge in [-0.25, -0.2) is 0 Å². The zero-order valence-electron chi connectivity index (χ0n) is 13.6. The summed E-state index contributed by atoms with van der Waals surface area (Å²) in [6, 6.07) is 0.155. The Hall–Kier alpha value is -0.610. The number of hydrogen-bond acceptors (Lipinski definition) is 3. The van der Waals surface area contributed by atoms with Crippen molar-refractivity contribution >= 4 is 5.91 Å². The molecule has 1 fully saturated rings. The summed E-state index contributed by atoms with van der Waals surface area (Å²) < 4.78 is 0. The predicted molar refractivity (Wildman–Crippen MR) is 82.6 cm³/mol. The van der Waals surface area contributed by atoms with E-state index in [-0.39, 0.29) is 23.5 Å². The second-order valence-electron chi connectivity index (χ2n) is 7.17. The number of hydrogen-bond donors (Lipinski definition) is 2. The third-order valence-electron chi connectivity index (χ3n) is 4.07. The number of nitrogens with one attached hydrogen (secondary N) is 1. The first kappa shape index (κ1) is 17.4. The van der Waals surface area contributed by atoms with Crippen LogP contribution < -0.4 is 5.32 Å². The molecule has 2 unspecified atom stereocenters. The van der Waals surface area contributed by atoms with Crippen molar-refractivity contribution in [1.82, 2.24) is 10.2 Å². The highest BCUT2D eigenvalue weighted by Crippen LogP contribution is 2.21. The minimum atomic E-state index is -0.308. The summed E-state index contributed by atoms with van der Waals surface area (Å²) in [7, 11) is 0. The van der Waals surface area contributed by atoms with Gasteiger partial charge in [0.15, 0.2) is 0 Å². The first-order chi connectivity index (χ1) is 9.33. The van der Waals surface area contributed by atoms with Gasteiger partial charge in [-0.2, -0.15) is 0 Å². The zero-order chi connectivity index (χ0) is 15.2. The van der Waals surface area contributed by atoms with E-state index in [1.165, 1.54) is 0 Å². The molecule has 1 aliphatic heterocycles. The molecule has 0 saturated carbocycles. The van der Waals surface area contributed by atoms with Crippen LogP contribution in [0.15, 0.2) is 0 Å². The van der Waals surface area contributed by atoms with Gasteiger partial charge >= 0.3 is 0 Å². The van der Waals surface area contributed by atoms with E-state index in [1.807, 2.05) is 6.92 Å². The quantitative estimate of drug-likeness (QED) is 0.786. The van der Waals surface area contributed by atoms with Crippen molar-refractivity contribution in [2.75, 3.05) is 19.6 Å². The standard InChI is InChI=1S/C16H32N2O2/c1-5-14(19)13-8-6-7-11-18(13)12-15(20)17-10-9-16(2,3)4/h13-14,19H,5-12H2,1-4H3,(H,17,20). The largest absolute Gasteiger partial charge is 0.392 e. The SMILES string of the molecule is CCC(O)C1CCCCN1CC(=O)NCCC(C)(C)C. The third kappa shape index (κ3) is 6.23. The molecular weight excluding hydrogens is 252 g/mol. The second kappa shape index (κ2) is 7.99. The van der Waals surface area contributed by atoms with Crippen molar-refractivity contribution in [3.63, 3.8) is 0 Å². The van der Waals surface area contributed by atoms with E-state index in [0.29, 0.717) is 6.54 Å². The van der Waals surface area contributed by atoms with E-state index >= 15 is 0 Å². The zero-order valence-corrected chi connectivity index (χ0v) is 13.6. The van der Waals surface area contributed by atoms with Crippen molar-refractivity contribution in [2.45, 2.75) is 71.9 Å². The summed E-state index contributed by atoms with van der Waals surface area (Å²) >= 11 is 0. The molecule has 1 saturated heterocycles. The first-order valence-corrected chi connectivity index (χ1v) is 8.02. The summed E-state index contributed by atoms with van der Waals surface area (Å²) in [5.74, 6) is 0.0875. The third-order valence-corrected chi connectivity index (χ3v) is 4.07. The normalized spacial score (nSPS) is 22.6. The molecule has 118 valence electrons. The van der Waals surface area contributed by atoms with E-state index in [2.05, 4.69) is 31.0 Å². The van der Waals surface area contributed by atoms with Crippen LogP contribution in [0.2, 0.25) is 0 Å². The maximum Gasteiger partial charge on any atom is 0.234 e. The molecule has 0 aromatic rings. The van der Waals surface area contributed by atoms with Gasteiger partial charge < -0.3 is 10.4 Å². The Morgan fingerprint density at radius 2 is 2.10 bits per heavy atom. The van der Waals surface area contributed by atoms with Gasteiger partial charge in [-0.15, -0.1) is 0 Å². The summed E-state index contributed by atoms with van der Waals surface area (Å²) in [6.07, 6.45) is 4.72.